The molecule has 0 bridgehead atoms. The standard InChI is InChI=1S/C16H23NO3/c1-3-4-5-6-7-8-16(20)17-13-9-10-15(19)14(11-13)12(2)18/h9-11,19H,3-8H2,1-2H3,(H,17,20). The minimum absolute atomic E-state index is 0.0540. The first-order valence-electron chi connectivity index (χ1n) is 7.18. The molecule has 1 amide bonds. The highest BCUT2D eigenvalue weighted by Crippen LogP contribution is 2.22. The fourth-order valence-electron chi connectivity index (χ4n) is 2.01. The second kappa shape index (κ2) is 8.35. The van der Waals surface area contributed by atoms with Gasteiger partial charge >= 0.3 is 0 Å². The van der Waals surface area contributed by atoms with Crippen molar-refractivity contribution >= 4 is 17.4 Å². The summed E-state index contributed by atoms with van der Waals surface area (Å²) in [5.74, 6) is -0.338. The van der Waals surface area contributed by atoms with Crippen molar-refractivity contribution in [1.29, 1.82) is 0 Å². The van der Waals surface area contributed by atoms with Crippen LogP contribution < -0.4 is 5.32 Å². The molecule has 0 spiro atoms. The number of rotatable bonds is 8. The van der Waals surface area contributed by atoms with Crippen molar-refractivity contribution in [3.63, 3.8) is 0 Å². The Bertz CT molecular complexity index is 469. The summed E-state index contributed by atoms with van der Waals surface area (Å²) in [6.45, 7) is 3.54. The average Bonchev–Trinajstić information content (AvgIpc) is 2.40. The number of phenolic OH excluding ortho intramolecular Hbond substituents is 1. The van der Waals surface area contributed by atoms with E-state index in [0.717, 1.165) is 19.3 Å². The second-order valence-electron chi connectivity index (χ2n) is 5.00. The Labute approximate surface area is 120 Å². The van der Waals surface area contributed by atoms with Crippen molar-refractivity contribution in [2.45, 2.75) is 52.4 Å². The first kappa shape index (κ1) is 16.2. The minimum atomic E-state index is -0.224. The van der Waals surface area contributed by atoms with E-state index in [1.165, 1.54) is 31.9 Å². The first-order valence-corrected chi connectivity index (χ1v) is 7.18. The van der Waals surface area contributed by atoms with Gasteiger partial charge in [-0.3, -0.25) is 9.59 Å². The summed E-state index contributed by atoms with van der Waals surface area (Å²) in [6, 6.07) is 4.52. The number of amides is 1. The largest absolute Gasteiger partial charge is 0.507 e. The lowest BCUT2D eigenvalue weighted by Gasteiger charge is -2.07. The highest BCUT2D eigenvalue weighted by molar-refractivity contribution is 5.99. The SMILES string of the molecule is CCCCCCCC(=O)Nc1ccc(O)c(C(C)=O)c1. The predicted molar refractivity (Wildman–Crippen MR) is 80.1 cm³/mol. The number of hydrogen-bond donors (Lipinski definition) is 2. The van der Waals surface area contributed by atoms with Gasteiger partial charge in [0.05, 0.1) is 5.56 Å². The Morgan fingerprint density at radius 3 is 2.50 bits per heavy atom. The van der Waals surface area contributed by atoms with Crippen LogP contribution in [0.15, 0.2) is 18.2 Å². The monoisotopic (exact) mass is 277 g/mol. The Morgan fingerprint density at radius 1 is 1.15 bits per heavy atom. The van der Waals surface area contributed by atoms with Crippen LogP contribution in [-0.2, 0) is 4.79 Å². The maximum absolute atomic E-state index is 11.8. The zero-order valence-corrected chi connectivity index (χ0v) is 12.2. The van der Waals surface area contributed by atoms with E-state index in [9.17, 15) is 14.7 Å². The molecule has 1 aromatic carbocycles. The van der Waals surface area contributed by atoms with E-state index >= 15 is 0 Å². The van der Waals surface area contributed by atoms with Gasteiger partial charge in [-0.05, 0) is 31.5 Å². The van der Waals surface area contributed by atoms with Crippen molar-refractivity contribution in [3.05, 3.63) is 23.8 Å². The average molecular weight is 277 g/mol. The van der Waals surface area contributed by atoms with E-state index in [1.54, 1.807) is 6.07 Å². The molecule has 0 saturated carbocycles. The van der Waals surface area contributed by atoms with Gasteiger partial charge in [0, 0.05) is 12.1 Å². The van der Waals surface area contributed by atoms with Gasteiger partial charge in [-0.25, -0.2) is 0 Å². The van der Waals surface area contributed by atoms with Crippen LogP contribution in [0.25, 0.3) is 0 Å². The highest BCUT2D eigenvalue weighted by atomic mass is 16.3. The molecule has 0 radical (unpaired) electrons. The van der Waals surface area contributed by atoms with Crippen LogP contribution in [-0.4, -0.2) is 16.8 Å². The van der Waals surface area contributed by atoms with Gasteiger partial charge in [0.1, 0.15) is 5.75 Å². The topological polar surface area (TPSA) is 66.4 Å². The number of aromatic hydroxyl groups is 1. The van der Waals surface area contributed by atoms with Gasteiger partial charge < -0.3 is 10.4 Å². The molecule has 1 aromatic rings. The number of Topliss-reactive ketones (excluding diaryl/α,β-unsaturated/α-hetero) is 1. The molecular weight excluding hydrogens is 254 g/mol. The van der Waals surface area contributed by atoms with Crippen LogP contribution in [0.5, 0.6) is 5.75 Å². The number of carbonyl (C=O) groups is 2. The zero-order valence-electron chi connectivity index (χ0n) is 12.2. The van der Waals surface area contributed by atoms with Crippen LogP contribution >= 0.6 is 0 Å². The van der Waals surface area contributed by atoms with Crippen molar-refractivity contribution in [2.75, 3.05) is 5.32 Å². The molecular formula is C16H23NO3. The molecule has 0 aliphatic heterocycles. The molecule has 0 aromatic heterocycles. The number of carbonyl (C=O) groups excluding carboxylic acids is 2. The van der Waals surface area contributed by atoms with E-state index in [2.05, 4.69) is 12.2 Å². The van der Waals surface area contributed by atoms with E-state index in [1.807, 2.05) is 0 Å². The lowest BCUT2D eigenvalue weighted by molar-refractivity contribution is -0.116. The summed E-state index contributed by atoms with van der Waals surface area (Å²) in [7, 11) is 0. The van der Waals surface area contributed by atoms with Gasteiger partial charge in [0.2, 0.25) is 5.91 Å². The molecule has 110 valence electrons. The maximum Gasteiger partial charge on any atom is 0.224 e. The molecule has 1 rings (SSSR count). The molecule has 20 heavy (non-hydrogen) atoms. The van der Waals surface area contributed by atoms with E-state index in [-0.39, 0.29) is 23.0 Å². The second-order valence-corrected chi connectivity index (χ2v) is 5.00. The molecule has 4 nitrogen and oxygen atoms in total. The number of benzene rings is 1. The molecule has 0 aliphatic carbocycles. The number of anilines is 1. The van der Waals surface area contributed by atoms with Gasteiger partial charge in [0.15, 0.2) is 5.78 Å². The third-order valence-corrected chi connectivity index (χ3v) is 3.17. The molecule has 0 atom stereocenters. The van der Waals surface area contributed by atoms with Gasteiger partial charge in [-0.15, -0.1) is 0 Å². The normalized spacial score (nSPS) is 10.3. The van der Waals surface area contributed by atoms with Crippen LogP contribution in [0, 0.1) is 0 Å². The zero-order chi connectivity index (χ0) is 15.0. The van der Waals surface area contributed by atoms with Gasteiger partial charge in [0.25, 0.3) is 0 Å². The lowest BCUT2D eigenvalue weighted by atomic mass is 10.1. The first-order chi connectivity index (χ1) is 9.54. The highest BCUT2D eigenvalue weighted by Gasteiger charge is 2.09. The summed E-state index contributed by atoms with van der Waals surface area (Å²) in [5, 5.41) is 12.3. The number of hydrogen-bond acceptors (Lipinski definition) is 3. The Morgan fingerprint density at radius 2 is 1.85 bits per heavy atom. The van der Waals surface area contributed by atoms with Gasteiger partial charge in [-0.1, -0.05) is 32.6 Å². The van der Waals surface area contributed by atoms with Crippen molar-refractivity contribution < 1.29 is 14.7 Å². The van der Waals surface area contributed by atoms with Crippen molar-refractivity contribution in [2.24, 2.45) is 0 Å². The van der Waals surface area contributed by atoms with E-state index in [0.29, 0.717) is 12.1 Å². The lowest BCUT2D eigenvalue weighted by Crippen LogP contribution is -2.11. The van der Waals surface area contributed by atoms with Crippen molar-refractivity contribution in [3.8, 4) is 5.75 Å². The molecule has 0 unspecified atom stereocenters. The van der Waals surface area contributed by atoms with E-state index in [4.69, 9.17) is 0 Å². The summed E-state index contributed by atoms with van der Waals surface area (Å²) in [4.78, 5) is 23.1. The summed E-state index contributed by atoms with van der Waals surface area (Å²) < 4.78 is 0. The number of unbranched alkanes of at least 4 members (excludes halogenated alkanes) is 4. The predicted octanol–water partition coefficient (Wildman–Crippen LogP) is 3.89. The third kappa shape index (κ3) is 5.43. The molecule has 0 heterocycles. The quantitative estimate of drug-likeness (QED) is 0.430. The van der Waals surface area contributed by atoms with Gasteiger partial charge in [-0.2, -0.15) is 0 Å². The maximum atomic E-state index is 11.8. The Balaban J connectivity index is 2.46. The molecule has 0 saturated heterocycles. The summed E-state index contributed by atoms with van der Waals surface area (Å²) in [5.41, 5.74) is 0.775. The fraction of sp³-hybridized carbons (Fsp3) is 0.500. The fourth-order valence-corrected chi connectivity index (χ4v) is 2.01. The smallest absolute Gasteiger partial charge is 0.224 e. The molecule has 4 heteroatoms. The summed E-state index contributed by atoms with van der Waals surface area (Å²) in [6.07, 6.45) is 5.99. The van der Waals surface area contributed by atoms with Crippen LogP contribution in [0.1, 0.15) is 62.7 Å². The number of phenols is 1. The molecule has 0 aliphatic rings. The number of nitrogens with one attached hydrogen (secondary N) is 1. The minimum Gasteiger partial charge on any atom is -0.507 e. The Kier molecular flexibility index (Phi) is 6.77. The molecule has 0 fully saturated rings. The number of ketones is 1. The van der Waals surface area contributed by atoms with E-state index < -0.39 is 0 Å². The Hall–Kier alpha value is -1.84. The van der Waals surface area contributed by atoms with Crippen LogP contribution in [0.3, 0.4) is 0 Å². The van der Waals surface area contributed by atoms with Crippen LogP contribution in [0.4, 0.5) is 5.69 Å². The third-order valence-electron chi connectivity index (χ3n) is 3.17. The van der Waals surface area contributed by atoms with Crippen molar-refractivity contribution in [1.82, 2.24) is 0 Å². The summed E-state index contributed by atoms with van der Waals surface area (Å²) >= 11 is 0. The molecule has 2 N–H and O–H groups in total. The van der Waals surface area contributed by atoms with Crippen LogP contribution in [0.2, 0.25) is 0 Å².